The van der Waals surface area contributed by atoms with Crippen LogP contribution in [0.5, 0.6) is 0 Å². The fourth-order valence-corrected chi connectivity index (χ4v) is 4.20. The average molecular weight is 298 g/mol. The summed E-state index contributed by atoms with van der Waals surface area (Å²) in [5.74, 6) is -0.256. The van der Waals surface area contributed by atoms with E-state index in [0.29, 0.717) is 10.4 Å². The highest BCUT2D eigenvalue weighted by atomic mass is 35.5. The Kier molecular flexibility index (Phi) is 4.76. The van der Waals surface area contributed by atoms with Crippen molar-refractivity contribution in [3.05, 3.63) is 34.6 Å². The lowest BCUT2D eigenvalue weighted by Crippen LogP contribution is -2.54. The van der Waals surface area contributed by atoms with E-state index in [1.54, 1.807) is 0 Å². The maximum absolute atomic E-state index is 13.3. The highest BCUT2D eigenvalue weighted by Crippen LogP contribution is 2.59. The van der Waals surface area contributed by atoms with Crippen molar-refractivity contribution in [1.29, 1.82) is 0 Å². The van der Waals surface area contributed by atoms with Crippen LogP contribution < -0.4 is 5.32 Å². The van der Waals surface area contributed by atoms with Crippen molar-refractivity contribution in [2.45, 2.75) is 51.9 Å². The SMILES string of the molecule is CCNCC1(c2ccc(F)cc2Cl)CC(CC)(CC)C1. The molecule has 1 aliphatic rings. The Labute approximate surface area is 126 Å². The summed E-state index contributed by atoms with van der Waals surface area (Å²) in [5, 5.41) is 4.04. The summed E-state index contributed by atoms with van der Waals surface area (Å²) < 4.78 is 13.3. The molecule has 20 heavy (non-hydrogen) atoms. The van der Waals surface area contributed by atoms with E-state index in [1.807, 2.05) is 6.07 Å². The van der Waals surface area contributed by atoms with E-state index < -0.39 is 0 Å². The van der Waals surface area contributed by atoms with Gasteiger partial charge in [0.05, 0.1) is 0 Å². The van der Waals surface area contributed by atoms with Gasteiger partial charge in [-0.3, -0.25) is 0 Å². The highest BCUT2D eigenvalue weighted by Gasteiger charge is 2.53. The van der Waals surface area contributed by atoms with E-state index in [-0.39, 0.29) is 11.2 Å². The first-order chi connectivity index (χ1) is 9.51. The Balaban J connectivity index is 2.30. The summed E-state index contributed by atoms with van der Waals surface area (Å²) >= 11 is 6.32. The maximum atomic E-state index is 13.3. The molecule has 112 valence electrons. The first kappa shape index (κ1) is 15.8. The summed E-state index contributed by atoms with van der Waals surface area (Å²) in [5.41, 5.74) is 1.62. The van der Waals surface area contributed by atoms with Crippen molar-refractivity contribution in [3.8, 4) is 0 Å². The van der Waals surface area contributed by atoms with Gasteiger partial charge in [-0.05, 0) is 42.5 Å². The molecule has 0 aliphatic heterocycles. The van der Waals surface area contributed by atoms with Crippen LogP contribution in [0.2, 0.25) is 5.02 Å². The van der Waals surface area contributed by atoms with Crippen LogP contribution in [-0.2, 0) is 5.41 Å². The zero-order chi connectivity index (χ0) is 14.8. The fourth-order valence-electron chi connectivity index (χ4n) is 3.83. The molecule has 1 aromatic rings. The molecular formula is C17H25ClFN. The van der Waals surface area contributed by atoms with Gasteiger partial charge >= 0.3 is 0 Å². The molecule has 0 saturated heterocycles. The largest absolute Gasteiger partial charge is 0.316 e. The highest BCUT2D eigenvalue weighted by molar-refractivity contribution is 6.31. The lowest BCUT2D eigenvalue weighted by atomic mass is 9.48. The fraction of sp³-hybridized carbons (Fsp3) is 0.647. The van der Waals surface area contributed by atoms with Crippen LogP contribution in [0.25, 0.3) is 0 Å². The minimum atomic E-state index is -0.256. The second kappa shape index (κ2) is 6.03. The van der Waals surface area contributed by atoms with Gasteiger partial charge in [-0.15, -0.1) is 0 Å². The van der Waals surface area contributed by atoms with E-state index >= 15 is 0 Å². The molecule has 0 bridgehead atoms. The third-order valence-corrected chi connectivity index (χ3v) is 5.46. The molecule has 0 heterocycles. The van der Waals surface area contributed by atoms with E-state index in [9.17, 15) is 4.39 Å². The van der Waals surface area contributed by atoms with Crippen molar-refractivity contribution in [2.24, 2.45) is 5.41 Å². The number of rotatable bonds is 6. The van der Waals surface area contributed by atoms with Gasteiger partial charge in [0.25, 0.3) is 0 Å². The molecule has 0 atom stereocenters. The molecule has 0 radical (unpaired) electrons. The van der Waals surface area contributed by atoms with Crippen LogP contribution in [0.15, 0.2) is 18.2 Å². The summed E-state index contributed by atoms with van der Waals surface area (Å²) in [4.78, 5) is 0. The predicted molar refractivity (Wildman–Crippen MR) is 83.9 cm³/mol. The Morgan fingerprint density at radius 3 is 2.35 bits per heavy atom. The van der Waals surface area contributed by atoms with Crippen LogP contribution in [0.4, 0.5) is 4.39 Å². The monoisotopic (exact) mass is 297 g/mol. The Morgan fingerprint density at radius 1 is 1.20 bits per heavy atom. The quantitative estimate of drug-likeness (QED) is 0.785. The number of halogens is 2. The third kappa shape index (κ3) is 2.73. The molecule has 2 rings (SSSR count). The van der Waals surface area contributed by atoms with Gasteiger partial charge in [-0.25, -0.2) is 4.39 Å². The maximum Gasteiger partial charge on any atom is 0.124 e. The number of benzene rings is 1. The van der Waals surface area contributed by atoms with Gasteiger partial charge in [0.1, 0.15) is 5.82 Å². The van der Waals surface area contributed by atoms with Gasteiger partial charge in [0.15, 0.2) is 0 Å². The topological polar surface area (TPSA) is 12.0 Å². The standard InChI is InChI=1S/C17H25ClFN/c1-4-16(5-2)10-17(11-16,12-20-6-3)14-8-7-13(19)9-15(14)18/h7-9,20H,4-6,10-12H2,1-3H3. The number of hydrogen-bond acceptors (Lipinski definition) is 1. The van der Waals surface area contributed by atoms with E-state index in [1.165, 1.54) is 25.0 Å². The molecule has 1 aromatic carbocycles. The molecule has 0 aromatic heterocycles. The summed E-state index contributed by atoms with van der Waals surface area (Å²) in [6.07, 6.45) is 4.70. The van der Waals surface area contributed by atoms with E-state index in [4.69, 9.17) is 11.6 Å². The first-order valence-electron chi connectivity index (χ1n) is 7.67. The van der Waals surface area contributed by atoms with Crippen molar-refractivity contribution < 1.29 is 4.39 Å². The lowest BCUT2D eigenvalue weighted by molar-refractivity contribution is 0.0132. The van der Waals surface area contributed by atoms with Gasteiger partial charge in [0, 0.05) is 17.0 Å². The van der Waals surface area contributed by atoms with Crippen molar-refractivity contribution >= 4 is 11.6 Å². The molecule has 1 nitrogen and oxygen atoms in total. The molecule has 0 spiro atoms. The molecule has 1 N–H and O–H groups in total. The van der Waals surface area contributed by atoms with Crippen LogP contribution in [0.1, 0.15) is 52.0 Å². The lowest BCUT2D eigenvalue weighted by Gasteiger charge is -2.57. The minimum absolute atomic E-state index is 0.0762. The van der Waals surface area contributed by atoms with Crippen LogP contribution in [0.3, 0.4) is 0 Å². The normalized spacial score (nSPS) is 19.6. The Bertz CT molecular complexity index is 460. The summed E-state index contributed by atoms with van der Waals surface area (Å²) in [6, 6.07) is 4.86. The van der Waals surface area contributed by atoms with E-state index in [0.717, 1.165) is 31.5 Å². The van der Waals surface area contributed by atoms with Gasteiger partial charge in [0.2, 0.25) is 0 Å². The van der Waals surface area contributed by atoms with Gasteiger partial charge in [-0.1, -0.05) is 51.3 Å². The zero-order valence-corrected chi connectivity index (χ0v) is 13.5. The Morgan fingerprint density at radius 2 is 1.85 bits per heavy atom. The predicted octanol–water partition coefficient (Wildman–Crippen LogP) is 4.93. The van der Waals surface area contributed by atoms with Crippen molar-refractivity contribution in [1.82, 2.24) is 5.32 Å². The summed E-state index contributed by atoms with van der Waals surface area (Å²) in [6.45, 7) is 8.54. The second-order valence-corrected chi connectivity index (χ2v) is 6.65. The molecule has 0 unspecified atom stereocenters. The number of nitrogens with one attached hydrogen (secondary N) is 1. The number of likely N-dealkylation sites (N-methyl/N-ethyl adjacent to an activating group) is 1. The average Bonchev–Trinajstić information content (AvgIpc) is 2.39. The van der Waals surface area contributed by atoms with Crippen LogP contribution >= 0.6 is 11.6 Å². The second-order valence-electron chi connectivity index (χ2n) is 6.25. The molecular weight excluding hydrogens is 273 g/mol. The zero-order valence-electron chi connectivity index (χ0n) is 12.7. The van der Waals surface area contributed by atoms with Gasteiger partial charge in [-0.2, -0.15) is 0 Å². The molecule has 1 fully saturated rings. The van der Waals surface area contributed by atoms with E-state index in [2.05, 4.69) is 26.1 Å². The Hall–Kier alpha value is -0.600. The van der Waals surface area contributed by atoms with Crippen molar-refractivity contribution in [2.75, 3.05) is 13.1 Å². The molecule has 3 heteroatoms. The van der Waals surface area contributed by atoms with Gasteiger partial charge < -0.3 is 5.32 Å². The van der Waals surface area contributed by atoms with Crippen LogP contribution in [0, 0.1) is 11.2 Å². The van der Waals surface area contributed by atoms with Crippen LogP contribution in [-0.4, -0.2) is 13.1 Å². The minimum Gasteiger partial charge on any atom is -0.316 e. The first-order valence-corrected chi connectivity index (χ1v) is 8.05. The number of hydrogen-bond donors (Lipinski definition) is 1. The smallest absolute Gasteiger partial charge is 0.124 e. The summed E-state index contributed by atoms with van der Waals surface area (Å²) in [7, 11) is 0. The molecule has 0 amide bonds. The third-order valence-electron chi connectivity index (χ3n) is 5.14. The molecule has 1 saturated carbocycles. The van der Waals surface area contributed by atoms with Crippen molar-refractivity contribution in [3.63, 3.8) is 0 Å². The molecule has 1 aliphatic carbocycles.